The van der Waals surface area contributed by atoms with E-state index < -0.39 is 15.8 Å². The smallest absolute Gasteiger partial charge is 0.240 e. The SMILES string of the molecule is Cc1cnn(-c2ccc(S(=O)(=O)NC3CCCNC3C)cc2F)c1.Cl. The van der Waals surface area contributed by atoms with Crippen molar-refractivity contribution in [1.29, 1.82) is 0 Å². The van der Waals surface area contributed by atoms with Crippen molar-refractivity contribution < 1.29 is 12.8 Å². The first-order valence-corrected chi connectivity index (χ1v) is 9.42. The fourth-order valence-corrected chi connectivity index (χ4v) is 4.22. The van der Waals surface area contributed by atoms with Crippen molar-refractivity contribution in [2.75, 3.05) is 6.54 Å². The number of nitrogens with one attached hydrogen (secondary N) is 2. The Labute approximate surface area is 153 Å². The summed E-state index contributed by atoms with van der Waals surface area (Å²) in [6, 6.07) is 3.72. The van der Waals surface area contributed by atoms with Gasteiger partial charge in [0, 0.05) is 18.3 Å². The van der Waals surface area contributed by atoms with Crippen LogP contribution >= 0.6 is 12.4 Å². The van der Waals surface area contributed by atoms with E-state index in [1.165, 1.54) is 16.8 Å². The molecule has 3 rings (SSSR count). The first kappa shape index (κ1) is 19.8. The first-order chi connectivity index (χ1) is 11.4. The Bertz CT molecular complexity index is 840. The van der Waals surface area contributed by atoms with Crippen molar-refractivity contribution in [3.05, 3.63) is 42.0 Å². The Morgan fingerprint density at radius 3 is 2.76 bits per heavy atom. The Hall–Kier alpha value is -1.48. The number of benzene rings is 1. The number of halogens is 2. The maximum absolute atomic E-state index is 14.4. The van der Waals surface area contributed by atoms with E-state index in [0.29, 0.717) is 0 Å². The van der Waals surface area contributed by atoms with Crippen molar-refractivity contribution in [3.8, 4) is 5.69 Å². The zero-order valence-corrected chi connectivity index (χ0v) is 15.7. The fourth-order valence-electron chi connectivity index (χ4n) is 2.86. The topological polar surface area (TPSA) is 76.0 Å². The van der Waals surface area contributed by atoms with Gasteiger partial charge >= 0.3 is 0 Å². The fraction of sp³-hybridized carbons (Fsp3) is 0.438. The molecule has 0 radical (unpaired) electrons. The largest absolute Gasteiger partial charge is 0.313 e. The third-order valence-electron chi connectivity index (χ3n) is 4.26. The average Bonchev–Trinajstić information content (AvgIpc) is 2.95. The minimum Gasteiger partial charge on any atom is -0.313 e. The van der Waals surface area contributed by atoms with Gasteiger partial charge in [0.2, 0.25) is 10.0 Å². The van der Waals surface area contributed by atoms with Crippen LogP contribution in [0.4, 0.5) is 4.39 Å². The summed E-state index contributed by atoms with van der Waals surface area (Å²) in [6.45, 7) is 4.67. The molecule has 0 bridgehead atoms. The highest BCUT2D eigenvalue weighted by Gasteiger charge is 2.27. The van der Waals surface area contributed by atoms with Gasteiger partial charge in [-0.25, -0.2) is 22.2 Å². The van der Waals surface area contributed by atoms with E-state index in [0.717, 1.165) is 31.0 Å². The number of nitrogens with zero attached hydrogens (tertiary/aromatic N) is 2. The maximum Gasteiger partial charge on any atom is 0.240 e. The molecule has 0 aliphatic carbocycles. The molecule has 2 unspecified atom stereocenters. The van der Waals surface area contributed by atoms with Crippen molar-refractivity contribution in [1.82, 2.24) is 19.8 Å². The molecule has 1 saturated heterocycles. The van der Waals surface area contributed by atoms with Gasteiger partial charge in [0.25, 0.3) is 0 Å². The molecular formula is C16H22ClFN4O2S. The minimum atomic E-state index is -3.77. The van der Waals surface area contributed by atoms with Gasteiger partial charge in [0.05, 0.1) is 11.1 Å². The summed E-state index contributed by atoms with van der Waals surface area (Å²) >= 11 is 0. The lowest BCUT2D eigenvalue weighted by Gasteiger charge is -2.30. The van der Waals surface area contributed by atoms with Crippen LogP contribution in [0.2, 0.25) is 0 Å². The van der Waals surface area contributed by atoms with Gasteiger partial charge in [-0.15, -0.1) is 12.4 Å². The summed E-state index contributed by atoms with van der Waals surface area (Å²) in [5, 5.41) is 7.28. The summed E-state index contributed by atoms with van der Waals surface area (Å²) in [5.41, 5.74) is 1.11. The van der Waals surface area contributed by atoms with Crippen molar-refractivity contribution in [3.63, 3.8) is 0 Å². The molecule has 1 aliphatic rings. The predicted molar refractivity (Wildman–Crippen MR) is 96.3 cm³/mol. The standard InChI is InChI=1S/C16H21FN4O2S.ClH/c1-11-9-19-21(10-11)16-6-5-13(8-14(16)17)24(22,23)20-15-4-3-7-18-12(15)2;/h5-6,8-10,12,15,18,20H,3-4,7H2,1-2H3;1H. The number of aryl methyl sites for hydroxylation is 1. The highest BCUT2D eigenvalue weighted by molar-refractivity contribution is 7.89. The molecule has 1 fully saturated rings. The van der Waals surface area contributed by atoms with E-state index in [9.17, 15) is 12.8 Å². The highest BCUT2D eigenvalue weighted by Crippen LogP contribution is 2.20. The van der Waals surface area contributed by atoms with Crippen LogP contribution in [0.1, 0.15) is 25.3 Å². The average molecular weight is 389 g/mol. The highest BCUT2D eigenvalue weighted by atomic mass is 35.5. The molecule has 2 N–H and O–H groups in total. The Kier molecular flexibility index (Phi) is 6.21. The van der Waals surface area contributed by atoms with E-state index in [1.807, 2.05) is 13.8 Å². The van der Waals surface area contributed by atoms with Crippen LogP contribution in [-0.4, -0.2) is 36.8 Å². The van der Waals surface area contributed by atoms with Gasteiger partial charge in [-0.2, -0.15) is 5.10 Å². The number of piperidine rings is 1. The third-order valence-corrected chi connectivity index (χ3v) is 5.74. The van der Waals surface area contributed by atoms with E-state index in [1.54, 1.807) is 12.4 Å². The molecule has 25 heavy (non-hydrogen) atoms. The number of aromatic nitrogens is 2. The Morgan fingerprint density at radius 2 is 2.16 bits per heavy atom. The summed E-state index contributed by atoms with van der Waals surface area (Å²) in [5.74, 6) is -0.629. The van der Waals surface area contributed by atoms with Crippen LogP contribution in [0.3, 0.4) is 0 Å². The first-order valence-electron chi connectivity index (χ1n) is 7.94. The van der Waals surface area contributed by atoms with Crippen LogP contribution < -0.4 is 10.0 Å². The van der Waals surface area contributed by atoms with Gasteiger partial charge in [0.1, 0.15) is 11.5 Å². The summed E-state index contributed by atoms with van der Waals surface area (Å²) < 4.78 is 43.5. The molecule has 2 heterocycles. The molecule has 2 aromatic rings. The van der Waals surface area contributed by atoms with Crippen LogP contribution in [0, 0.1) is 12.7 Å². The van der Waals surface area contributed by atoms with Gasteiger partial charge in [-0.05, 0) is 57.0 Å². The van der Waals surface area contributed by atoms with Gasteiger partial charge in [-0.3, -0.25) is 0 Å². The van der Waals surface area contributed by atoms with Crippen LogP contribution in [-0.2, 0) is 10.0 Å². The van der Waals surface area contributed by atoms with Crippen LogP contribution in [0.15, 0.2) is 35.5 Å². The van der Waals surface area contributed by atoms with Gasteiger partial charge in [-0.1, -0.05) is 0 Å². The number of rotatable bonds is 4. The zero-order valence-electron chi connectivity index (χ0n) is 14.1. The Morgan fingerprint density at radius 1 is 1.40 bits per heavy atom. The molecule has 0 spiro atoms. The monoisotopic (exact) mass is 388 g/mol. The molecular weight excluding hydrogens is 367 g/mol. The molecule has 1 aromatic heterocycles. The van der Waals surface area contributed by atoms with E-state index in [4.69, 9.17) is 0 Å². The predicted octanol–water partition coefficient (Wildman–Crippen LogP) is 2.16. The lowest BCUT2D eigenvalue weighted by Crippen LogP contribution is -2.51. The van der Waals surface area contributed by atoms with Crippen molar-refractivity contribution in [2.45, 2.75) is 43.7 Å². The molecule has 138 valence electrons. The Balaban J connectivity index is 0.00000225. The summed E-state index contributed by atoms with van der Waals surface area (Å²) in [7, 11) is -3.77. The second kappa shape index (κ2) is 7.82. The quantitative estimate of drug-likeness (QED) is 0.841. The molecule has 0 saturated carbocycles. The summed E-state index contributed by atoms with van der Waals surface area (Å²) in [6.07, 6.45) is 4.97. The van der Waals surface area contributed by atoms with Crippen molar-refractivity contribution >= 4 is 22.4 Å². The summed E-state index contributed by atoms with van der Waals surface area (Å²) in [4.78, 5) is -0.0783. The van der Waals surface area contributed by atoms with E-state index in [2.05, 4.69) is 15.1 Å². The van der Waals surface area contributed by atoms with E-state index >= 15 is 0 Å². The number of sulfonamides is 1. The van der Waals surface area contributed by atoms with Gasteiger partial charge < -0.3 is 5.32 Å². The third kappa shape index (κ3) is 4.38. The maximum atomic E-state index is 14.4. The van der Waals surface area contributed by atoms with Crippen LogP contribution in [0.25, 0.3) is 5.69 Å². The molecule has 6 nitrogen and oxygen atoms in total. The molecule has 1 aromatic carbocycles. The van der Waals surface area contributed by atoms with Crippen molar-refractivity contribution in [2.24, 2.45) is 0 Å². The van der Waals surface area contributed by atoms with Crippen LogP contribution in [0.5, 0.6) is 0 Å². The molecule has 0 amide bonds. The van der Waals surface area contributed by atoms with E-state index in [-0.39, 0.29) is 35.1 Å². The van der Waals surface area contributed by atoms with Gasteiger partial charge in [0.15, 0.2) is 0 Å². The number of hydrogen-bond donors (Lipinski definition) is 2. The molecule has 9 heteroatoms. The molecule has 1 aliphatic heterocycles. The number of hydrogen-bond acceptors (Lipinski definition) is 4. The minimum absolute atomic E-state index is 0. The lowest BCUT2D eigenvalue weighted by molar-refractivity contribution is 0.348. The normalized spacial score (nSPS) is 20.9. The zero-order chi connectivity index (χ0) is 17.3. The second-order valence-corrected chi connectivity index (χ2v) is 7.90. The lowest BCUT2D eigenvalue weighted by atomic mass is 10.0. The second-order valence-electron chi connectivity index (χ2n) is 6.19. The molecule has 2 atom stereocenters.